The molecule has 1 amide bonds. The Morgan fingerprint density at radius 2 is 1.82 bits per heavy atom. The minimum atomic E-state index is -0.107. The summed E-state index contributed by atoms with van der Waals surface area (Å²) in [4.78, 5) is 14.7. The topological polar surface area (TPSA) is 67.6 Å². The number of rotatable bonds is 7. The average Bonchev–Trinajstić information content (AvgIpc) is 3.13. The largest absolute Gasteiger partial charge is 0.379 e. The molecule has 0 saturated carbocycles. The summed E-state index contributed by atoms with van der Waals surface area (Å²) >= 11 is 0. The minimum Gasteiger partial charge on any atom is -0.379 e. The number of carbonyl (C=O) groups excluding carboxylic acids is 1. The van der Waals surface area contributed by atoms with Gasteiger partial charge in [0.1, 0.15) is 0 Å². The van der Waals surface area contributed by atoms with Crippen molar-refractivity contribution in [2.75, 3.05) is 38.2 Å². The van der Waals surface area contributed by atoms with E-state index in [0.717, 1.165) is 56.9 Å². The normalized spacial score (nSPS) is 15.5. The van der Waals surface area contributed by atoms with Gasteiger partial charge in [0.25, 0.3) is 0 Å². The van der Waals surface area contributed by atoms with E-state index in [-0.39, 0.29) is 11.3 Å². The zero-order valence-corrected chi connectivity index (χ0v) is 17.2. The Hall–Kier alpha value is -2.18. The van der Waals surface area contributed by atoms with Crippen LogP contribution in [0.1, 0.15) is 44.0 Å². The van der Waals surface area contributed by atoms with Crippen molar-refractivity contribution < 1.29 is 14.1 Å². The molecule has 1 aromatic heterocycles. The molecule has 0 radical (unpaired) electrons. The average molecular weight is 386 g/mol. The van der Waals surface area contributed by atoms with E-state index >= 15 is 0 Å². The first kappa shape index (κ1) is 20.6. The predicted octanol–water partition coefficient (Wildman–Crippen LogP) is 3.42. The van der Waals surface area contributed by atoms with Crippen LogP contribution in [0, 0.1) is 0 Å². The van der Waals surface area contributed by atoms with Crippen LogP contribution in [0.4, 0.5) is 5.88 Å². The molecule has 1 aliphatic rings. The number of aryl methyl sites for hydroxylation is 1. The lowest BCUT2D eigenvalue weighted by atomic mass is 9.92. The molecule has 0 bridgehead atoms. The molecule has 6 heteroatoms. The zero-order chi connectivity index (χ0) is 20.0. The Balaban J connectivity index is 1.43. The number of anilines is 1. The molecule has 1 aliphatic heterocycles. The molecule has 1 saturated heterocycles. The molecule has 1 fully saturated rings. The van der Waals surface area contributed by atoms with E-state index in [1.165, 1.54) is 5.56 Å². The molecule has 3 rings (SSSR count). The molecule has 0 aliphatic carbocycles. The molecular weight excluding hydrogens is 354 g/mol. The van der Waals surface area contributed by atoms with E-state index in [4.69, 9.17) is 9.26 Å². The zero-order valence-electron chi connectivity index (χ0n) is 17.2. The minimum absolute atomic E-state index is 0.100. The fourth-order valence-corrected chi connectivity index (χ4v) is 3.21. The van der Waals surface area contributed by atoms with Crippen molar-refractivity contribution in [3.8, 4) is 0 Å². The molecule has 0 unspecified atom stereocenters. The second kappa shape index (κ2) is 9.34. The number of benzene rings is 1. The first-order valence-corrected chi connectivity index (χ1v) is 10.0. The summed E-state index contributed by atoms with van der Waals surface area (Å²) in [7, 11) is 0. The highest BCUT2D eigenvalue weighted by molar-refractivity contribution is 5.91. The lowest BCUT2D eigenvalue weighted by Crippen LogP contribution is -2.36. The number of carbonyl (C=O) groups is 1. The standard InChI is InChI=1S/C22H31N3O3/c1-22(2,3)19-16-21(28-24-19)23-20(26)15-18-8-6-17(7-9-18)5-4-10-25-11-13-27-14-12-25/h6-9,16H,4-5,10-15H2,1-3H3,(H,23,26). The van der Waals surface area contributed by atoms with Crippen LogP contribution in [0.25, 0.3) is 0 Å². The predicted molar refractivity (Wildman–Crippen MR) is 110 cm³/mol. The maximum absolute atomic E-state index is 12.3. The van der Waals surface area contributed by atoms with Crippen molar-refractivity contribution >= 4 is 11.8 Å². The van der Waals surface area contributed by atoms with E-state index in [1.54, 1.807) is 6.07 Å². The summed E-state index contributed by atoms with van der Waals surface area (Å²) in [6, 6.07) is 10.1. The summed E-state index contributed by atoms with van der Waals surface area (Å²) in [5.74, 6) is 0.298. The smallest absolute Gasteiger partial charge is 0.231 e. The van der Waals surface area contributed by atoms with E-state index in [1.807, 2.05) is 12.1 Å². The Kier molecular flexibility index (Phi) is 6.86. The van der Waals surface area contributed by atoms with Gasteiger partial charge in [0.15, 0.2) is 0 Å². The van der Waals surface area contributed by atoms with Crippen molar-refractivity contribution in [3.05, 3.63) is 47.2 Å². The van der Waals surface area contributed by atoms with Crippen LogP contribution in [0.2, 0.25) is 0 Å². The molecule has 1 N–H and O–H groups in total. The Labute approximate surface area is 167 Å². The lowest BCUT2D eigenvalue weighted by Gasteiger charge is -2.26. The third-order valence-electron chi connectivity index (χ3n) is 4.97. The van der Waals surface area contributed by atoms with Crippen LogP contribution in [-0.2, 0) is 27.8 Å². The maximum atomic E-state index is 12.3. The highest BCUT2D eigenvalue weighted by atomic mass is 16.5. The van der Waals surface area contributed by atoms with E-state index in [9.17, 15) is 4.79 Å². The first-order valence-electron chi connectivity index (χ1n) is 10.0. The van der Waals surface area contributed by atoms with Gasteiger partial charge in [-0.05, 0) is 30.5 Å². The molecule has 1 aromatic carbocycles. The van der Waals surface area contributed by atoms with Crippen LogP contribution >= 0.6 is 0 Å². The second-order valence-corrected chi connectivity index (χ2v) is 8.43. The number of ether oxygens (including phenoxy) is 1. The van der Waals surface area contributed by atoms with Crippen LogP contribution in [-0.4, -0.2) is 48.8 Å². The number of morpholine rings is 1. The van der Waals surface area contributed by atoms with Gasteiger partial charge in [-0.25, -0.2) is 0 Å². The summed E-state index contributed by atoms with van der Waals surface area (Å²) in [5.41, 5.74) is 3.01. The number of nitrogens with zero attached hydrogens (tertiary/aromatic N) is 2. The van der Waals surface area contributed by atoms with Gasteiger partial charge in [0.2, 0.25) is 11.8 Å². The lowest BCUT2D eigenvalue weighted by molar-refractivity contribution is -0.115. The number of aromatic nitrogens is 1. The summed E-state index contributed by atoms with van der Waals surface area (Å²) in [6.07, 6.45) is 2.51. The van der Waals surface area contributed by atoms with Gasteiger partial charge in [0, 0.05) is 24.6 Å². The van der Waals surface area contributed by atoms with Gasteiger partial charge in [-0.3, -0.25) is 15.0 Å². The molecule has 0 atom stereocenters. The van der Waals surface area contributed by atoms with E-state index in [2.05, 4.69) is 48.3 Å². The number of hydrogen-bond acceptors (Lipinski definition) is 5. The van der Waals surface area contributed by atoms with E-state index in [0.29, 0.717) is 12.3 Å². The summed E-state index contributed by atoms with van der Waals surface area (Å²) in [5, 5.41) is 6.81. The fourth-order valence-electron chi connectivity index (χ4n) is 3.21. The maximum Gasteiger partial charge on any atom is 0.231 e. The van der Waals surface area contributed by atoms with Gasteiger partial charge in [-0.15, -0.1) is 0 Å². The van der Waals surface area contributed by atoms with Gasteiger partial charge in [-0.2, -0.15) is 0 Å². The number of amides is 1. The highest BCUT2D eigenvalue weighted by Crippen LogP contribution is 2.23. The van der Waals surface area contributed by atoms with Crippen LogP contribution in [0.3, 0.4) is 0 Å². The molecule has 152 valence electrons. The van der Waals surface area contributed by atoms with E-state index < -0.39 is 0 Å². The van der Waals surface area contributed by atoms with Gasteiger partial charge >= 0.3 is 0 Å². The SMILES string of the molecule is CC(C)(C)c1cc(NC(=O)Cc2ccc(CCCN3CCOCC3)cc2)on1. The van der Waals surface area contributed by atoms with Gasteiger partial charge < -0.3 is 9.26 Å². The van der Waals surface area contributed by atoms with Crippen molar-refractivity contribution in [2.24, 2.45) is 0 Å². The van der Waals surface area contributed by atoms with Crippen molar-refractivity contribution in [2.45, 2.75) is 45.4 Å². The Bertz CT molecular complexity index is 756. The summed E-state index contributed by atoms with van der Waals surface area (Å²) < 4.78 is 10.6. The molecule has 6 nitrogen and oxygen atoms in total. The van der Waals surface area contributed by atoms with Crippen LogP contribution in [0.5, 0.6) is 0 Å². The Morgan fingerprint density at radius 3 is 2.46 bits per heavy atom. The fraction of sp³-hybridized carbons (Fsp3) is 0.545. The second-order valence-electron chi connectivity index (χ2n) is 8.43. The first-order chi connectivity index (χ1) is 13.4. The molecule has 2 heterocycles. The van der Waals surface area contributed by atoms with Crippen molar-refractivity contribution in [1.29, 1.82) is 0 Å². The molecule has 28 heavy (non-hydrogen) atoms. The van der Waals surface area contributed by atoms with Crippen molar-refractivity contribution in [1.82, 2.24) is 10.1 Å². The quantitative estimate of drug-likeness (QED) is 0.791. The van der Waals surface area contributed by atoms with Gasteiger partial charge in [-0.1, -0.05) is 50.2 Å². The molecule has 2 aromatic rings. The van der Waals surface area contributed by atoms with Crippen molar-refractivity contribution in [3.63, 3.8) is 0 Å². The molecular formula is C22H31N3O3. The van der Waals surface area contributed by atoms with Gasteiger partial charge in [0.05, 0.1) is 25.3 Å². The molecule has 0 spiro atoms. The summed E-state index contributed by atoms with van der Waals surface area (Å²) in [6.45, 7) is 11.1. The third-order valence-corrected chi connectivity index (χ3v) is 4.97. The highest BCUT2D eigenvalue weighted by Gasteiger charge is 2.19. The van der Waals surface area contributed by atoms with Crippen LogP contribution < -0.4 is 5.32 Å². The number of hydrogen-bond donors (Lipinski definition) is 1. The van der Waals surface area contributed by atoms with Crippen LogP contribution in [0.15, 0.2) is 34.9 Å². The Morgan fingerprint density at radius 1 is 1.14 bits per heavy atom. The monoisotopic (exact) mass is 385 g/mol. The number of nitrogens with one attached hydrogen (secondary N) is 1. The third kappa shape index (κ3) is 6.17.